The van der Waals surface area contributed by atoms with Gasteiger partial charge in [-0.2, -0.15) is 0 Å². The first-order chi connectivity index (χ1) is 8.97. The number of morpholine rings is 1. The normalized spacial score (nSPS) is 22.0. The summed E-state index contributed by atoms with van der Waals surface area (Å²) in [7, 11) is -2.95. The number of nitrogens with one attached hydrogen (secondary N) is 1. The van der Waals surface area contributed by atoms with E-state index < -0.39 is 9.84 Å². The van der Waals surface area contributed by atoms with Gasteiger partial charge in [0.15, 0.2) is 9.84 Å². The molecule has 1 aliphatic rings. The smallest absolute Gasteiger partial charge is 0.153 e. The predicted molar refractivity (Wildman–Crippen MR) is 78.3 cm³/mol. The van der Waals surface area contributed by atoms with E-state index in [1.54, 1.807) is 13.8 Å². The SMILES string of the molecule is CCCNCC1COCCN1CCS(=O)(=O)C(C)C. The van der Waals surface area contributed by atoms with Crippen LogP contribution in [0.3, 0.4) is 0 Å². The van der Waals surface area contributed by atoms with E-state index in [1.807, 2.05) is 0 Å². The van der Waals surface area contributed by atoms with Gasteiger partial charge in [0, 0.05) is 25.7 Å². The molecule has 1 unspecified atom stereocenters. The Hall–Kier alpha value is -0.170. The van der Waals surface area contributed by atoms with Gasteiger partial charge >= 0.3 is 0 Å². The van der Waals surface area contributed by atoms with E-state index in [1.165, 1.54) is 0 Å². The molecule has 1 rings (SSSR count). The summed E-state index contributed by atoms with van der Waals surface area (Å²) in [5.41, 5.74) is 0. The van der Waals surface area contributed by atoms with E-state index in [0.29, 0.717) is 25.8 Å². The number of nitrogens with zero attached hydrogens (tertiary/aromatic N) is 1. The summed E-state index contributed by atoms with van der Waals surface area (Å²) in [6.45, 7) is 10.3. The Morgan fingerprint density at radius 1 is 1.42 bits per heavy atom. The molecular weight excluding hydrogens is 264 g/mol. The van der Waals surface area contributed by atoms with Crippen LogP contribution in [0.15, 0.2) is 0 Å². The maximum absolute atomic E-state index is 11.9. The summed E-state index contributed by atoms with van der Waals surface area (Å²) < 4.78 is 29.2. The Balaban J connectivity index is 2.44. The van der Waals surface area contributed by atoms with Gasteiger partial charge in [0.2, 0.25) is 0 Å². The second-order valence-corrected chi connectivity index (χ2v) is 8.06. The molecule has 0 radical (unpaired) electrons. The fourth-order valence-corrected chi connectivity index (χ4v) is 3.06. The minimum absolute atomic E-state index is 0.245. The lowest BCUT2D eigenvalue weighted by molar-refractivity contribution is -0.00370. The molecular formula is C13H28N2O3S. The number of rotatable bonds is 8. The number of hydrogen-bond donors (Lipinski definition) is 1. The van der Waals surface area contributed by atoms with Crippen molar-refractivity contribution in [1.82, 2.24) is 10.2 Å². The van der Waals surface area contributed by atoms with Gasteiger partial charge in [-0.05, 0) is 26.8 Å². The van der Waals surface area contributed by atoms with Crippen LogP contribution in [0.1, 0.15) is 27.2 Å². The monoisotopic (exact) mass is 292 g/mol. The van der Waals surface area contributed by atoms with Crippen LogP contribution >= 0.6 is 0 Å². The first-order valence-corrected chi connectivity index (χ1v) is 8.93. The van der Waals surface area contributed by atoms with Crippen molar-refractivity contribution < 1.29 is 13.2 Å². The quantitative estimate of drug-likeness (QED) is 0.661. The van der Waals surface area contributed by atoms with Crippen LogP contribution in [0, 0.1) is 0 Å². The van der Waals surface area contributed by atoms with Crippen LogP contribution in [0.4, 0.5) is 0 Å². The van der Waals surface area contributed by atoms with Gasteiger partial charge < -0.3 is 10.1 Å². The van der Waals surface area contributed by atoms with E-state index >= 15 is 0 Å². The lowest BCUT2D eigenvalue weighted by Gasteiger charge is -2.35. The molecule has 1 atom stereocenters. The lowest BCUT2D eigenvalue weighted by atomic mass is 10.2. The average molecular weight is 292 g/mol. The van der Waals surface area contributed by atoms with Crippen molar-refractivity contribution in [3.05, 3.63) is 0 Å². The minimum Gasteiger partial charge on any atom is -0.378 e. The summed E-state index contributed by atoms with van der Waals surface area (Å²) in [5, 5.41) is 3.10. The molecule has 0 saturated carbocycles. The summed E-state index contributed by atoms with van der Waals surface area (Å²) in [5.74, 6) is 0.245. The second-order valence-electron chi connectivity index (χ2n) is 5.38. The molecule has 0 aromatic heterocycles. The summed E-state index contributed by atoms with van der Waals surface area (Å²) in [6.07, 6.45) is 1.11. The molecule has 114 valence electrons. The highest BCUT2D eigenvalue weighted by atomic mass is 32.2. The Morgan fingerprint density at radius 3 is 2.79 bits per heavy atom. The Kier molecular flexibility index (Phi) is 7.28. The van der Waals surface area contributed by atoms with Crippen molar-refractivity contribution in [2.45, 2.75) is 38.5 Å². The van der Waals surface area contributed by atoms with Gasteiger partial charge in [-0.15, -0.1) is 0 Å². The third-order valence-electron chi connectivity index (χ3n) is 3.54. The zero-order valence-electron chi connectivity index (χ0n) is 12.4. The van der Waals surface area contributed by atoms with Crippen LogP contribution in [0.25, 0.3) is 0 Å². The molecule has 0 aromatic carbocycles. The van der Waals surface area contributed by atoms with E-state index in [4.69, 9.17) is 4.74 Å². The van der Waals surface area contributed by atoms with Crippen molar-refractivity contribution in [3.8, 4) is 0 Å². The van der Waals surface area contributed by atoms with Crippen LogP contribution in [0.5, 0.6) is 0 Å². The van der Waals surface area contributed by atoms with Crippen LogP contribution in [0.2, 0.25) is 0 Å². The van der Waals surface area contributed by atoms with Crippen LogP contribution < -0.4 is 5.32 Å². The van der Waals surface area contributed by atoms with Crippen molar-refractivity contribution in [2.75, 3.05) is 45.1 Å². The minimum atomic E-state index is -2.95. The predicted octanol–water partition coefficient (Wildman–Crippen LogP) is 0.510. The molecule has 0 aliphatic carbocycles. The van der Waals surface area contributed by atoms with Gasteiger partial charge in [0.25, 0.3) is 0 Å². The summed E-state index contributed by atoms with van der Waals surface area (Å²) in [6, 6.07) is 0.294. The molecule has 0 bridgehead atoms. The number of hydrogen-bond acceptors (Lipinski definition) is 5. The standard InChI is InChI=1S/C13H28N2O3S/c1-4-5-14-10-13-11-18-8-6-15(13)7-9-19(16,17)12(2)3/h12-14H,4-11H2,1-3H3. The van der Waals surface area contributed by atoms with E-state index in [-0.39, 0.29) is 11.0 Å². The summed E-state index contributed by atoms with van der Waals surface area (Å²) >= 11 is 0. The van der Waals surface area contributed by atoms with E-state index in [0.717, 1.165) is 26.1 Å². The first kappa shape index (κ1) is 16.9. The Morgan fingerprint density at radius 2 is 2.16 bits per heavy atom. The Bertz CT molecular complexity index is 344. The molecule has 6 heteroatoms. The molecule has 1 saturated heterocycles. The number of sulfone groups is 1. The average Bonchev–Trinajstić information content (AvgIpc) is 2.38. The largest absolute Gasteiger partial charge is 0.378 e. The molecule has 1 heterocycles. The van der Waals surface area contributed by atoms with Crippen molar-refractivity contribution in [3.63, 3.8) is 0 Å². The maximum Gasteiger partial charge on any atom is 0.153 e. The molecule has 5 nitrogen and oxygen atoms in total. The van der Waals surface area contributed by atoms with Gasteiger partial charge in [0.05, 0.1) is 24.2 Å². The van der Waals surface area contributed by atoms with Gasteiger partial charge in [0.1, 0.15) is 0 Å². The molecule has 1 fully saturated rings. The fraction of sp³-hybridized carbons (Fsp3) is 1.00. The van der Waals surface area contributed by atoms with Crippen LogP contribution in [-0.4, -0.2) is 69.8 Å². The highest BCUT2D eigenvalue weighted by Crippen LogP contribution is 2.08. The maximum atomic E-state index is 11.9. The molecule has 0 spiro atoms. The molecule has 0 aromatic rings. The van der Waals surface area contributed by atoms with Gasteiger partial charge in [-0.3, -0.25) is 4.90 Å². The fourth-order valence-electron chi connectivity index (χ4n) is 2.10. The van der Waals surface area contributed by atoms with Crippen molar-refractivity contribution in [1.29, 1.82) is 0 Å². The second kappa shape index (κ2) is 8.19. The molecule has 19 heavy (non-hydrogen) atoms. The lowest BCUT2D eigenvalue weighted by Crippen LogP contribution is -2.51. The van der Waals surface area contributed by atoms with E-state index in [2.05, 4.69) is 17.1 Å². The molecule has 0 amide bonds. The Labute approximate surface area is 117 Å². The third-order valence-corrected chi connectivity index (χ3v) is 5.73. The molecule has 1 N–H and O–H groups in total. The highest BCUT2D eigenvalue weighted by molar-refractivity contribution is 7.92. The topological polar surface area (TPSA) is 58.6 Å². The highest BCUT2D eigenvalue weighted by Gasteiger charge is 2.25. The molecule has 1 aliphatic heterocycles. The first-order valence-electron chi connectivity index (χ1n) is 7.21. The van der Waals surface area contributed by atoms with Crippen molar-refractivity contribution in [2.24, 2.45) is 0 Å². The zero-order valence-corrected chi connectivity index (χ0v) is 13.2. The number of ether oxygens (including phenoxy) is 1. The van der Waals surface area contributed by atoms with Crippen LogP contribution in [-0.2, 0) is 14.6 Å². The zero-order chi connectivity index (χ0) is 14.3. The third kappa shape index (κ3) is 5.77. The summed E-state index contributed by atoms with van der Waals surface area (Å²) in [4.78, 5) is 2.24. The van der Waals surface area contributed by atoms with E-state index in [9.17, 15) is 8.42 Å². The van der Waals surface area contributed by atoms with Gasteiger partial charge in [-0.1, -0.05) is 6.92 Å². The van der Waals surface area contributed by atoms with Crippen molar-refractivity contribution >= 4 is 9.84 Å². The van der Waals surface area contributed by atoms with Gasteiger partial charge in [-0.25, -0.2) is 8.42 Å².